The van der Waals surface area contributed by atoms with Crippen LogP contribution in [0.1, 0.15) is 33.3 Å². The summed E-state index contributed by atoms with van der Waals surface area (Å²) in [7, 11) is 0. The predicted octanol–water partition coefficient (Wildman–Crippen LogP) is 3.13. The van der Waals surface area contributed by atoms with Crippen molar-refractivity contribution in [2.75, 3.05) is 13.4 Å². The van der Waals surface area contributed by atoms with Gasteiger partial charge in [0.2, 0.25) is 12.6 Å². The van der Waals surface area contributed by atoms with E-state index in [1.54, 1.807) is 59.5 Å². The van der Waals surface area contributed by atoms with Gasteiger partial charge in [0, 0.05) is 6.54 Å². The Hall–Kier alpha value is -4.79. The van der Waals surface area contributed by atoms with Crippen molar-refractivity contribution in [3.8, 4) is 17.2 Å². The average Bonchev–Trinajstić information content (AvgIpc) is 3.46. The molecule has 0 saturated carbocycles. The van der Waals surface area contributed by atoms with Gasteiger partial charge in [-0.05, 0) is 47.5 Å². The summed E-state index contributed by atoms with van der Waals surface area (Å²) >= 11 is 0. The first kappa shape index (κ1) is 21.7. The summed E-state index contributed by atoms with van der Waals surface area (Å²) < 4.78 is 22.2. The highest BCUT2D eigenvalue weighted by molar-refractivity contribution is 5.99. The molecule has 0 radical (unpaired) electrons. The topological polar surface area (TPSA) is 121 Å². The van der Waals surface area contributed by atoms with E-state index in [1.807, 2.05) is 12.1 Å². The van der Waals surface area contributed by atoms with Crippen molar-refractivity contribution >= 4 is 22.8 Å². The summed E-state index contributed by atoms with van der Waals surface area (Å²) in [5.74, 6) is 0.733. The molecule has 3 aromatic carbocycles. The molecule has 1 aromatic heterocycles. The highest BCUT2D eigenvalue weighted by Gasteiger charge is 2.42. The molecule has 9 heteroatoms. The molecule has 1 atom stereocenters. The molecule has 3 heterocycles. The number of nitrogens with two attached hydrogens (primary N) is 1. The van der Waals surface area contributed by atoms with Gasteiger partial charge in [-0.15, -0.1) is 0 Å². The van der Waals surface area contributed by atoms with E-state index in [0.717, 1.165) is 5.56 Å². The molecule has 0 fully saturated rings. The Morgan fingerprint density at radius 2 is 1.78 bits per heavy atom. The molecule has 4 aromatic rings. The standard InChI is InChI=1S/C27H20N2O7/c28-22(30)13-33-17-8-6-16(7-9-17)24-23-25(31)18-3-1-2-4-19(18)36-26(23)27(32)29(24)12-15-5-10-20-21(11-15)35-14-34-20/h1-11,24H,12-14H2,(H2,28,30)/t24-/m1/s1. The largest absolute Gasteiger partial charge is 0.484 e. The lowest BCUT2D eigenvalue weighted by Crippen LogP contribution is -2.29. The number of carbonyl (C=O) groups is 2. The van der Waals surface area contributed by atoms with E-state index in [1.165, 1.54) is 0 Å². The van der Waals surface area contributed by atoms with E-state index in [-0.39, 0.29) is 42.6 Å². The summed E-state index contributed by atoms with van der Waals surface area (Å²) in [5, 5.41) is 0.403. The molecule has 0 aliphatic carbocycles. The van der Waals surface area contributed by atoms with Crippen LogP contribution in [-0.2, 0) is 11.3 Å². The normalized spacial score (nSPS) is 15.8. The Morgan fingerprint density at radius 3 is 2.58 bits per heavy atom. The van der Waals surface area contributed by atoms with E-state index < -0.39 is 11.9 Å². The number of rotatable bonds is 6. The third-order valence-corrected chi connectivity index (χ3v) is 6.24. The number of fused-ring (bicyclic) bond motifs is 3. The Labute approximate surface area is 204 Å². The van der Waals surface area contributed by atoms with Crippen molar-refractivity contribution in [2.45, 2.75) is 12.6 Å². The summed E-state index contributed by atoms with van der Waals surface area (Å²) in [4.78, 5) is 39.9. The fourth-order valence-corrected chi connectivity index (χ4v) is 4.61. The highest BCUT2D eigenvalue weighted by Crippen LogP contribution is 2.40. The van der Waals surface area contributed by atoms with Gasteiger partial charge in [0.1, 0.15) is 11.3 Å². The fraction of sp³-hybridized carbons (Fsp3) is 0.148. The van der Waals surface area contributed by atoms with Crippen LogP contribution in [0.5, 0.6) is 17.2 Å². The minimum absolute atomic E-state index is 0.0264. The zero-order valence-electron chi connectivity index (χ0n) is 18.9. The maximum atomic E-state index is 13.6. The molecule has 180 valence electrons. The van der Waals surface area contributed by atoms with E-state index >= 15 is 0 Å². The smallest absolute Gasteiger partial charge is 0.291 e. The Kier molecular flexibility index (Phi) is 5.10. The fourth-order valence-electron chi connectivity index (χ4n) is 4.61. The van der Waals surface area contributed by atoms with Gasteiger partial charge in [-0.2, -0.15) is 0 Å². The zero-order chi connectivity index (χ0) is 24.8. The average molecular weight is 484 g/mol. The maximum absolute atomic E-state index is 13.6. The SMILES string of the molecule is NC(=O)COc1ccc([C@@H]2c3c(oc4ccccc4c3=O)C(=O)N2Cc2ccc3c(c2)OCO3)cc1. The van der Waals surface area contributed by atoms with Gasteiger partial charge in [-0.25, -0.2) is 0 Å². The van der Waals surface area contributed by atoms with Crippen LogP contribution < -0.4 is 25.4 Å². The van der Waals surface area contributed by atoms with Crippen LogP contribution in [0.15, 0.2) is 75.9 Å². The number of benzene rings is 3. The third kappa shape index (κ3) is 3.61. The van der Waals surface area contributed by atoms with Crippen LogP contribution in [0.25, 0.3) is 11.0 Å². The first-order valence-electron chi connectivity index (χ1n) is 11.3. The first-order valence-corrected chi connectivity index (χ1v) is 11.3. The Balaban J connectivity index is 1.44. The van der Waals surface area contributed by atoms with E-state index in [2.05, 4.69) is 0 Å². The van der Waals surface area contributed by atoms with Crippen LogP contribution in [-0.4, -0.2) is 30.1 Å². The molecule has 0 saturated heterocycles. The van der Waals surface area contributed by atoms with E-state index in [9.17, 15) is 14.4 Å². The van der Waals surface area contributed by atoms with Crippen molar-refractivity contribution in [2.24, 2.45) is 5.73 Å². The molecule has 2 aliphatic rings. The molecule has 2 aliphatic heterocycles. The summed E-state index contributed by atoms with van der Waals surface area (Å²) in [6.45, 7) is 0.0979. The van der Waals surface area contributed by atoms with Gasteiger partial charge in [0.25, 0.3) is 11.8 Å². The number of carbonyl (C=O) groups excluding carboxylic acids is 2. The summed E-state index contributed by atoms with van der Waals surface area (Å²) in [6, 6.07) is 18.5. The number of para-hydroxylation sites is 1. The zero-order valence-corrected chi connectivity index (χ0v) is 18.9. The lowest BCUT2D eigenvalue weighted by Gasteiger charge is -2.25. The second-order valence-corrected chi connectivity index (χ2v) is 8.52. The molecular weight excluding hydrogens is 464 g/mol. The lowest BCUT2D eigenvalue weighted by atomic mass is 9.98. The molecule has 2 amide bonds. The minimum atomic E-state index is -0.691. The molecule has 2 N–H and O–H groups in total. The molecule has 0 unspecified atom stereocenters. The number of amides is 2. The van der Waals surface area contributed by atoms with Gasteiger partial charge in [-0.1, -0.05) is 30.3 Å². The number of primary amides is 1. The Morgan fingerprint density at radius 1 is 1.00 bits per heavy atom. The van der Waals surface area contributed by atoms with Crippen LogP contribution in [0.4, 0.5) is 0 Å². The second kappa shape index (κ2) is 8.46. The van der Waals surface area contributed by atoms with Crippen molar-refractivity contribution in [1.29, 1.82) is 0 Å². The van der Waals surface area contributed by atoms with Crippen molar-refractivity contribution in [3.63, 3.8) is 0 Å². The molecule has 6 rings (SSSR count). The van der Waals surface area contributed by atoms with Crippen molar-refractivity contribution < 1.29 is 28.2 Å². The number of nitrogens with zero attached hydrogens (tertiary/aromatic N) is 1. The maximum Gasteiger partial charge on any atom is 0.291 e. The molecule has 9 nitrogen and oxygen atoms in total. The third-order valence-electron chi connectivity index (χ3n) is 6.24. The van der Waals surface area contributed by atoms with Gasteiger partial charge in [0.05, 0.1) is 17.0 Å². The summed E-state index contributed by atoms with van der Waals surface area (Å²) in [5.41, 5.74) is 7.04. The second-order valence-electron chi connectivity index (χ2n) is 8.52. The van der Waals surface area contributed by atoms with E-state index in [0.29, 0.717) is 33.8 Å². The first-order chi connectivity index (χ1) is 17.5. The number of hydrogen-bond donors (Lipinski definition) is 1. The molecule has 0 bridgehead atoms. The van der Waals surface area contributed by atoms with Crippen LogP contribution in [0.2, 0.25) is 0 Å². The van der Waals surface area contributed by atoms with Crippen LogP contribution in [0, 0.1) is 0 Å². The number of ether oxygens (including phenoxy) is 3. The lowest BCUT2D eigenvalue weighted by molar-refractivity contribution is -0.119. The highest BCUT2D eigenvalue weighted by atomic mass is 16.7. The van der Waals surface area contributed by atoms with Gasteiger partial charge >= 0.3 is 0 Å². The summed E-state index contributed by atoms with van der Waals surface area (Å²) in [6.07, 6.45) is 0. The molecule has 36 heavy (non-hydrogen) atoms. The number of hydrogen-bond acceptors (Lipinski definition) is 7. The van der Waals surface area contributed by atoms with Crippen molar-refractivity contribution in [3.05, 3.63) is 99.4 Å². The minimum Gasteiger partial charge on any atom is -0.484 e. The predicted molar refractivity (Wildman–Crippen MR) is 128 cm³/mol. The molecule has 0 spiro atoms. The molecular formula is C27H20N2O7. The van der Waals surface area contributed by atoms with Crippen LogP contribution in [0.3, 0.4) is 0 Å². The van der Waals surface area contributed by atoms with Gasteiger partial charge in [0.15, 0.2) is 23.5 Å². The van der Waals surface area contributed by atoms with Crippen LogP contribution >= 0.6 is 0 Å². The van der Waals surface area contributed by atoms with Gasteiger partial charge < -0.3 is 29.3 Å². The Bertz CT molecular complexity index is 1580. The van der Waals surface area contributed by atoms with E-state index in [4.69, 9.17) is 24.4 Å². The van der Waals surface area contributed by atoms with Crippen molar-refractivity contribution in [1.82, 2.24) is 4.90 Å². The van der Waals surface area contributed by atoms with Gasteiger partial charge in [-0.3, -0.25) is 14.4 Å². The monoisotopic (exact) mass is 484 g/mol. The quantitative estimate of drug-likeness (QED) is 0.446.